The summed E-state index contributed by atoms with van der Waals surface area (Å²) in [6, 6.07) is 5.56. The lowest BCUT2D eigenvalue weighted by molar-refractivity contribution is -0.122. The van der Waals surface area contributed by atoms with Crippen molar-refractivity contribution in [2.24, 2.45) is 5.92 Å². The van der Waals surface area contributed by atoms with Gasteiger partial charge in [-0.2, -0.15) is 0 Å². The predicted molar refractivity (Wildman–Crippen MR) is 70.3 cm³/mol. The molecule has 1 fully saturated rings. The lowest BCUT2D eigenvalue weighted by Gasteiger charge is -2.08. The third kappa shape index (κ3) is 3.74. The van der Waals surface area contributed by atoms with E-state index in [0.29, 0.717) is 25.4 Å². The first kappa shape index (κ1) is 12.9. The van der Waals surface area contributed by atoms with Gasteiger partial charge >= 0.3 is 0 Å². The number of benzene rings is 1. The Hall–Kier alpha value is -1.55. The van der Waals surface area contributed by atoms with Crippen LogP contribution in [0.3, 0.4) is 0 Å². The molecule has 0 aromatic heterocycles. The van der Waals surface area contributed by atoms with Crippen LogP contribution in [0.15, 0.2) is 18.2 Å². The highest BCUT2D eigenvalue weighted by molar-refractivity contribution is 5.80. The molecule has 1 aromatic rings. The Morgan fingerprint density at radius 1 is 1.39 bits per heavy atom. The number of phenolic OH excluding ortho intramolecular Hbond substituents is 1. The topological polar surface area (TPSA) is 61.4 Å². The second kappa shape index (κ2) is 5.87. The van der Waals surface area contributed by atoms with Gasteiger partial charge in [-0.15, -0.1) is 0 Å². The molecule has 1 amide bonds. The lowest BCUT2D eigenvalue weighted by Crippen LogP contribution is -2.32. The van der Waals surface area contributed by atoms with Crippen molar-refractivity contribution in [2.45, 2.75) is 26.3 Å². The third-order valence-corrected chi connectivity index (χ3v) is 3.10. The monoisotopic (exact) mass is 248 g/mol. The number of rotatable bonds is 6. The van der Waals surface area contributed by atoms with Gasteiger partial charge in [-0.3, -0.25) is 4.79 Å². The van der Waals surface area contributed by atoms with E-state index in [0.717, 1.165) is 24.0 Å². The van der Waals surface area contributed by atoms with Crippen LogP contribution < -0.4 is 10.6 Å². The molecule has 0 atom stereocenters. The minimum Gasteiger partial charge on any atom is -0.508 e. The largest absolute Gasteiger partial charge is 0.508 e. The zero-order valence-electron chi connectivity index (χ0n) is 10.7. The average molecular weight is 248 g/mol. The summed E-state index contributed by atoms with van der Waals surface area (Å²) in [5, 5.41) is 15.8. The first-order chi connectivity index (χ1) is 8.66. The molecular weight excluding hydrogens is 228 g/mol. The van der Waals surface area contributed by atoms with Gasteiger partial charge in [-0.25, -0.2) is 0 Å². The van der Waals surface area contributed by atoms with Crippen molar-refractivity contribution in [3.63, 3.8) is 0 Å². The van der Waals surface area contributed by atoms with E-state index in [1.54, 1.807) is 6.07 Å². The van der Waals surface area contributed by atoms with Gasteiger partial charge in [0, 0.05) is 31.1 Å². The summed E-state index contributed by atoms with van der Waals surface area (Å²) in [5.74, 6) is 0.760. The van der Waals surface area contributed by atoms with Crippen molar-refractivity contribution in [2.75, 3.05) is 13.1 Å². The summed E-state index contributed by atoms with van der Waals surface area (Å²) in [6.07, 6.45) is 2.08. The molecule has 0 unspecified atom stereocenters. The van der Waals surface area contributed by atoms with Crippen LogP contribution in [-0.2, 0) is 11.3 Å². The smallest absolute Gasteiger partial charge is 0.223 e. The first-order valence-electron chi connectivity index (χ1n) is 6.44. The van der Waals surface area contributed by atoms with Crippen molar-refractivity contribution >= 4 is 5.91 Å². The lowest BCUT2D eigenvalue weighted by atomic mass is 10.1. The van der Waals surface area contributed by atoms with Crippen LogP contribution in [0.1, 0.15) is 24.0 Å². The summed E-state index contributed by atoms with van der Waals surface area (Å²) >= 11 is 0. The number of aryl methyl sites for hydroxylation is 1. The van der Waals surface area contributed by atoms with Crippen molar-refractivity contribution < 1.29 is 9.90 Å². The molecule has 98 valence electrons. The fraction of sp³-hybridized carbons (Fsp3) is 0.500. The van der Waals surface area contributed by atoms with Crippen molar-refractivity contribution in [3.8, 4) is 5.75 Å². The Balaban J connectivity index is 1.65. The SMILES string of the molecule is Cc1ccc(O)c(CNCCNC(=O)C2CC2)c1. The van der Waals surface area contributed by atoms with Gasteiger partial charge in [0.05, 0.1) is 0 Å². The van der Waals surface area contributed by atoms with E-state index >= 15 is 0 Å². The molecule has 1 aliphatic carbocycles. The third-order valence-electron chi connectivity index (χ3n) is 3.10. The summed E-state index contributed by atoms with van der Waals surface area (Å²) in [4.78, 5) is 11.4. The van der Waals surface area contributed by atoms with E-state index in [-0.39, 0.29) is 11.8 Å². The normalized spacial score (nSPS) is 14.5. The van der Waals surface area contributed by atoms with Crippen LogP contribution in [0, 0.1) is 12.8 Å². The van der Waals surface area contributed by atoms with Gasteiger partial charge in [0.2, 0.25) is 5.91 Å². The van der Waals surface area contributed by atoms with E-state index < -0.39 is 0 Å². The highest BCUT2D eigenvalue weighted by atomic mass is 16.3. The molecule has 18 heavy (non-hydrogen) atoms. The van der Waals surface area contributed by atoms with Crippen LogP contribution in [0.4, 0.5) is 0 Å². The molecule has 1 saturated carbocycles. The number of carbonyl (C=O) groups is 1. The molecule has 1 aromatic carbocycles. The molecule has 1 aliphatic rings. The molecule has 0 bridgehead atoms. The first-order valence-corrected chi connectivity index (χ1v) is 6.44. The quantitative estimate of drug-likeness (QED) is 0.665. The second-order valence-electron chi connectivity index (χ2n) is 4.87. The fourth-order valence-electron chi connectivity index (χ4n) is 1.84. The minimum absolute atomic E-state index is 0.176. The maximum atomic E-state index is 11.4. The van der Waals surface area contributed by atoms with Gasteiger partial charge in [-0.05, 0) is 25.8 Å². The number of aromatic hydroxyl groups is 1. The Morgan fingerprint density at radius 2 is 2.17 bits per heavy atom. The van der Waals surface area contributed by atoms with Crippen LogP contribution in [-0.4, -0.2) is 24.1 Å². The van der Waals surface area contributed by atoms with Crippen molar-refractivity contribution in [1.29, 1.82) is 0 Å². The summed E-state index contributed by atoms with van der Waals surface area (Å²) in [6.45, 7) is 3.97. The Bertz CT molecular complexity index is 428. The van der Waals surface area contributed by atoms with Gasteiger partial charge in [-0.1, -0.05) is 17.7 Å². The van der Waals surface area contributed by atoms with Gasteiger partial charge < -0.3 is 15.7 Å². The van der Waals surface area contributed by atoms with Crippen molar-refractivity contribution in [1.82, 2.24) is 10.6 Å². The Kier molecular flexibility index (Phi) is 4.20. The van der Waals surface area contributed by atoms with E-state index in [2.05, 4.69) is 10.6 Å². The van der Waals surface area contributed by atoms with Gasteiger partial charge in [0.25, 0.3) is 0 Å². The molecule has 2 rings (SSSR count). The number of nitrogens with one attached hydrogen (secondary N) is 2. The van der Waals surface area contributed by atoms with Crippen LogP contribution in [0.5, 0.6) is 5.75 Å². The average Bonchev–Trinajstić information content (AvgIpc) is 3.17. The van der Waals surface area contributed by atoms with Crippen LogP contribution >= 0.6 is 0 Å². The van der Waals surface area contributed by atoms with Gasteiger partial charge in [0.1, 0.15) is 5.75 Å². The Labute approximate surface area is 107 Å². The fourth-order valence-corrected chi connectivity index (χ4v) is 1.84. The molecule has 0 saturated heterocycles. The van der Waals surface area contributed by atoms with E-state index in [1.165, 1.54) is 0 Å². The number of hydrogen-bond donors (Lipinski definition) is 3. The summed E-state index contributed by atoms with van der Waals surface area (Å²) in [7, 11) is 0. The Morgan fingerprint density at radius 3 is 2.89 bits per heavy atom. The summed E-state index contributed by atoms with van der Waals surface area (Å²) in [5.41, 5.74) is 2.02. The molecule has 0 aliphatic heterocycles. The van der Waals surface area contributed by atoms with E-state index in [9.17, 15) is 9.90 Å². The van der Waals surface area contributed by atoms with Crippen LogP contribution in [0.25, 0.3) is 0 Å². The number of hydrogen-bond acceptors (Lipinski definition) is 3. The number of carbonyl (C=O) groups excluding carboxylic acids is 1. The second-order valence-corrected chi connectivity index (χ2v) is 4.87. The zero-order valence-corrected chi connectivity index (χ0v) is 10.7. The van der Waals surface area contributed by atoms with E-state index in [4.69, 9.17) is 0 Å². The zero-order chi connectivity index (χ0) is 13.0. The molecule has 0 spiro atoms. The maximum absolute atomic E-state index is 11.4. The van der Waals surface area contributed by atoms with Gasteiger partial charge in [0.15, 0.2) is 0 Å². The molecule has 0 radical (unpaired) electrons. The number of phenols is 1. The predicted octanol–water partition coefficient (Wildman–Crippen LogP) is 1.32. The standard InChI is InChI=1S/C14H20N2O2/c1-10-2-5-13(17)12(8-10)9-15-6-7-16-14(18)11-3-4-11/h2,5,8,11,15,17H,3-4,6-7,9H2,1H3,(H,16,18). The molecule has 4 heteroatoms. The highest BCUT2D eigenvalue weighted by Crippen LogP contribution is 2.28. The van der Waals surface area contributed by atoms with E-state index in [1.807, 2.05) is 19.1 Å². The molecule has 4 nitrogen and oxygen atoms in total. The summed E-state index contributed by atoms with van der Waals surface area (Å²) < 4.78 is 0. The maximum Gasteiger partial charge on any atom is 0.223 e. The number of amides is 1. The molecule has 3 N–H and O–H groups in total. The minimum atomic E-state index is 0.176. The molecular formula is C14H20N2O2. The highest BCUT2D eigenvalue weighted by Gasteiger charge is 2.28. The van der Waals surface area contributed by atoms with Crippen molar-refractivity contribution in [3.05, 3.63) is 29.3 Å². The molecule has 0 heterocycles. The van der Waals surface area contributed by atoms with Crippen LogP contribution in [0.2, 0.25) is 0 Å².